The van der Waals surface area contributed by atoms with Crippen LogP contribution < -0.4 is 0 Å². The van der Waals surface area contributed by atoms with E-state index in [0.717, 1.165) is 23.3 Å². The Labute approximate surface area is 414 Å². The number of hydrogen-bond acceptors (Lipinski definition) is 4. The fraction of sp³-hybridized carbons (Fsp3) is 0.0323. The molecule has 0 aliphatic rings. The van der Waals surface area contributed by atoms with Gasteiger partial charge in [-0.3, -0.25) is 0 Å². The number of hydrogen-bond donors (Lipinski definition) is 0. The molecule has 5 nitrogen and oxygen atoms in total. The second kappa shape index (κ2) is 18.3. The smallest absolute Gasteiger partial charge is 0.308 e. The summed E-state index contributed by atoms with van der Waals surface area (Å²) >= 11 is 0. The molecule has 11 rings (SSSR count). The number of fused-ring (bicyclic) bond motifs is 3. The third kappa shape index (κ3) is 8.64. The second-order valence-corrected chi connectivity index (χ2v) is 17.4. The first-order valence-electron chi connectivity index (χ1n) is 23.0. The number of nitrogens with zero attached hydrogens (tertiary/aromatic N) is 5. The van der Waals surface area contributed by atoms with Crippen LogP contribution in [0.25, 0.3) is 106 Å². The minimum Gasteiger partial charge on any atom is -0.308 e. The van der Waals surface area contributed by atoms with E-state index < -0.39 is 23.5 Å². The van der Waals surface area contributed by atoms with E-state index in [1.807, 2.05) is 97.1 Å². The van der Waals surface area contributed by atoms with Crippen LogP contribution in [-0.4, -0.2) is 14.5 Å². The number of aromatic nitrogens is 3. The first-order chi connectivity index (χ1) is 35.4. The summed E-state index contributed by atoms with van der Waals surface area (Å²) in [7, 11) is 0. The monoisotopic (exact) mass is 963 g/mol. The van der Waals surface area contributed by atoms with Gasteiger partial charge in [0.25, 0.3) is 0 Å². The van der Waals surface area contributed by atoms with Crippen molar-refractivity contribution in [1.82, 2.24) is 14.5 Å². The molecule has 0 bridgehead atoms. The van der Waals surface area contributed by atoms with Gasteiger partial charge in [0.15, 0.2) is 5.82 Å². The lowest BCUT2D eigenvalue weighted by atomic mass is 9.88. The summed E-state index contributed by atoms with van der Waals surface area (Å²) in [5.74, 6) is 0.0685. The van der Waals surface area contributed by atoms with Gasteiger partial charge < -0.3 is 4.57 Å². The quantitative estimate of drug-likeness (QED) is 0.142. The minimum absolute atomic E-state index is 0.0391. The topological polar surface area (TPSA) is 78.3 Å². The van der Waals surface area contributed by atoms with Crippen molar-refractivity contribution in [3.05, 3.63) is 235 Å². The molecule has 0 aliphatic carbocycles. The molecule has 9 aromatic carbocycles. The second-order valence-electron chi connectivity index (χ2n) is 17.4. The third-order valence-electron chi connectivity index (χ3n) is 12.9. The lowest BCUT2D eigenvalue weighted by Crippen LogP contribution is -2.11. The van der Waals surface area contributed by atoms with Crippen molar-refractivity contribution < 1.29 is 26.3 Å². The number of nitriles is 2. The minimum atomic E-state index is -4.90. The van der Waals surface area contributed by atoms with E-state index in [0.29, 0.717) is 66.6 Å². The summed E-state index contributed by atoms with van der Waals surface area (Å²) in [5.41, 5.74) is 4.59. The van der Waals surface area contributed by atoms with Crippen molar-refractivity contribution in [2.45, 2.75) is 12.4 Å². The van der Waals surface area contributed by atoms with E-state index >= 15 is 26.3 Å². The molecule has 11 aromatic rings. The van der Waals surface area contributed by atoms with Gasteiger partial charge in [0, 0.05) is 38.6 Å². The largest absolute Gasteiger partial charge is 0.417 e. The zero-order chi connectivity index (χ0) is 50.4. The highest BCUT2D eigenvalue weighted by Gasteiger charge is 2.37. The Morgan fingerprint density at radius 1 is 0.356 bits per heavy atom. The van der Waals surface area contributed by atoms with Crippen LogP contribution in [0.2, 0.25) is 0 Å². The average Bonchev–Trinajstić information content (AvgIpc) is 3.75. The highest BCUT2D eigenvalue weighted by atomic mass is 19.4. The van der Waals surface area contributed by atoms with Crippen molar-refractivity contribution in [2.24, 2.45) is 0 Å². The molecule has 350 valence electrons. The molecule has 0 saturated heterocycles. The summed E-state index contributed by atoms with van der Waals surface area (Å²) in [6.45, 7) is 0. The van der Waals surface area contributed by atoms with E-state index in [1.54, 1.807) is 71.3 Å². The Hall–Kier alpha value is -9.58. The van der Waals surface area contributed by atoms with Crippen LogP contribution in [0.1, 0.15) is 22.3 Å². The first kappa shape index (κ1) is 45.8. The van der Waals surface area contributed by atoms with Crippen LogP contribution >= 0.6 is 0 Å². The Morgan fingerprint density at radius 2 is 0.753 bits per heavy atom. The summed E-state index contributed by atoms with van der Waals surface area (Å²) in [4.78, 5) is 10.0. The summed E-state index contributed by atoms with van der Waals surface area (Å²) in [6.07, 6.45) is -9.81. The van der Waals surface area contributed by atoms with Gasteiger partial charge in [-0.1, -0.05) is 133 Å². The van der Waals surface area contributed by atoms with Crippen molar-refractivity contribution in [3.63, 3.8) is 0 Å². The van der Waals surface area contributed by atoms with Gasteiger partial charge in [0.2, 0.25) is 0 Å². The maximum atomic E-state index is 15.6. The van der Waals surface area contributed by atoms with E-state index in [9.17, 15) is 10.5 Å². The Kier molecular flexibility index (Phi) is 11.5. The van der Waals surface area contributed by atoms with Crippen molar-refractivity contribution in [1.29, 1.82) is 10.5 Å². The van der Waals surface area contributed by atoms with Crippen LogP contribution in [0.3, 0.4) is 0 Å². The summed E-state index contributed by atoms with van der Waals surface area (Å²) in [5, 5.41) is 20.9. The molecule has 0 aliphatic heterocycles. The standard InChI is InChI=1S/C62H35F6N5/c63-61(64,65)53-23-9-7-21-47(53)51-33-46(60-71-55(40-15-3-1-4-16-40)35-56(72-60)41-17-5-2-6-18-41)34-52(48-22-8-10-24-54(48)62(66,67)68)59(51)73-57-27-25-44(42-19-11-13-38(29-42)36-69)31-49(57)50-32-45(26-28-58(50)73)43-20-12-14-39(30-43)37-70/h1-35H. The van der Waals surface area contributed by atoms with E-state index in [2.05, 4.69) is 12.1 Å². The SMILES string of the molecule is N#Cc1cccc(-c2ccc3c(c2)c2cc(-c4cccc(C#N)c4)ccc2n3-c2c(-c3ccccc3C(F)(F)F)cc(-c3nc(-c4ccccc4)cc(-c4ccccc4)n3)cc2-c2ccccc2C(F)(F)F)c1. The van der Waals surface area contributed by atoms with E-state index in [-0.39, 0.29) is 39.3 Å². The van der Waals surface area contributed by atoms with Gasteiger partial charge in [-0.25, -0.2) is 9.97 Å². The van der Waals surface area contributed by atoms with Crippen molar-refractivity contribution in [3.8, 4) is 96.2 Å². The van der Waals surface area contributed by atoms with Gasteiger partial charge in [-0.2, -0.15) is 36.9 Å². The highest BCUT2D eigenvalue weighted by Crippen LogP contribution is 2.49. The van der Waals surface area contributed by atoms with E-state index in [4.69, 9.17) is 9.97 Å². The Morgan fingerprint density at radius 3 is 1.18 bits per heavy atom. The van der Waals surface area contributed by atoms with Crippen LogP contribution in [0.4, 0.5) is 26.3 Å². The molecule has 73 heavy (non-hydrogen) atoms. The number of halogens is 6. The maximum Gasteiger partial charge on any atom is 0.417 e. The molecular formula is C62H35F6N5. The number of benzene rings is 9. The van der Waals surface area contributed by atoms with Crippen molar-refractivity contribution >= 4 is 21.8 Å². The lowest BCUT2D eigenvalue weighted by Gasteiger charge is -2.24. The zero-order valence-electron chi connectivity index (χ0n) is 38.2. The average molecular weight is 964 g/mol. The molecule has 0 N–H and O–H groups in total. The molecular weight excluding hydrogens is 929 g/mol. The normalized spacial score (nSPS) is 11.7. The first-order valence-corrected chi connectivity index (χ1v) is 23.0. The molecule has 0 fully saturated rings. The lowest BCUT2D eigenvalue weighted by molar-refractivity contribution is -0.137. The fourth-order valence-corrected chi connectivity index (χ4v) is 9.60. The maximum absolute atomic E-state index is 15.6. The number of rotatable bonds is 8. The Bertz CT molecular complexity index is 3780. The summed E-state index contributed by atoms with van der Waals surface area (Å²) < 4.78 is 95.1. The summed E-state index contributed by atoms with van der Waals surface area (Å²) in [6, 6.07) is 63.0. The van der Waals surface area contributed by atoms with Gasteiger partial charge in [-0.15, -0.1) is 0 Å². The molecule has 0 saturated carbocycles. The predicted octanol–water partition coefficient (Wildman–Crippen LogP) is 17.0. The van der Waals surface area contributed by atoms with Gasteiger partial charge in [0.1, 0.15) is 0 Å². The molecule has 0 spiro atoms. The van der Waals surface area contributed by atoms with Gasteiger partial charge >= 0.3 is 12.4 Å². The number of alkyl halides is 6. The predicted molar refractivity (Wildman–Crippen MR) is 274 cm³/mol. The highest BCUT2D eigenvalue weighted by molar-refractivity contribution is 6.13. The molecule has 0 unspecified atom stereocenters. The molecule has 2 aromatic heterocycles. The Balaban J connectivity index is 1.31. The fourth-order valence-electron chi connectivity index (χ4n) is 9.60. The van der Waals surface area contributed by atoms with E-state index in [1.165, 1.54) is 36.4 Å². The van der Waals surface area contributed by atoms with Crippen molar-refractivity contribution in [2.75, 3.05) is 0 Å². The molecule has 0 radical (unpaired) electrons. The zero-order valence-corrected chi connectivity index (χ0v) is 38.2. The molecule has 2 heterocycles. The molecule has 0 atom stereocenters. The molecule has 11 heteroatoms. The van der Waals surface area contributed by atoms with Crippen LogP contribution in [0.5, 0.6) is 0 Å². The van der Waals surface area contributed by atoms with Gasteiger partial charge in [-0.05, 0) is 112 Å². The van der Waals surface area contributed by atoms with Crippen LogP contribution in [-0.2, 0) is 12.4 Å². The third-order valence-corrected chi connectivity index (χ3v) is 12.9. The van der Waals surface area contributed by atoms with Crippen LogP contribution in [0, 0.1) is 22.7 Å². The molecule has 0 amide bonds. The van der Waals surface area contributed by atoms with Crippen LogP contribution in [0.15, 0.2) is 212 Å². The van der Waals surface area contributed by atoms with Gasteiger partial charge in [0.05, 0.1) is 62.5 Å².